The third-order valence-corrected chi connectivity index (χ3v) is 3.23. The van der Waals surface area contributed by atoms with Crippen LogP contribution in [0.2, 0.25) is 0 Å². The van der Waals surface area contributed by atoms with Gasteiger partial charge < -0.3 is 14.4 Å². The number of carboxylic acids is 1. The third-order valence-electron chi connectivity index (χ3n) is 3.23. The number of carboxylic acid groups (broad SMARTS) is 1. The molecule has 2 heterocycles. The van der Waals surface area contributed by atoms with Crippen LogP contribution in [-0.4, -0.2) is 17.6 Å². The minimum Gasteiger partial charge on any atom is -0.478 e. The Labute approximate surface area is 104 Å². The summed E-state index contributed by atoms with van der Waals surface area (Å²) in [4.78, 5) is 13.0. The molecule has 0 amide bonds. The van der Waals surface area contributed by atoms with Crippen molar-refractivity contribution >= 4 is 11.7 Å². The van der Waals surface area contributed by atoms with Crippen LogP contribution in [-0.2, 0) is 13.0 Å². The van der Waals surface area contributed by atoms with Gasteiger partial charge in [0.2, 0.25) is 0 Å². The van der Waals surface area contributed by atoms with Gasteiger partial charge in [0.1, 0.15) is 12.0 Å². The van der Waals surface area contributed by atoms with Gasteiger partial charge in [-0.25, -0.2) is 4.79 Å². The summed E-state index contributed by atoms with van der Waals surface area (Å²) in [5, 5.41) is 8.84. The molecule has 4 heteroatoms. The highest BCUT2D eigenvalue weighted by atomic mass is 16.4. The van der Waals surface area contributed by atoms with E-state index in [1.807, 2.05) is 12.1 Å². The summed E-state index contributed by atoms with van der Waals surface area (Å²) in [6.07, 6.45) is 2.32. The second kappa shape index (κ2) is 4.22. The van der Waals surface area contributed by atoms with Crippen molar-refractivity contribution in [3.8, 4) is 0 Å². The average molecular weight is 243 g/mol. The number of para-hydroxylation sites is 1. The Balaban J connectivity index is 1.80. The van der Waals surface area contributed by atoms with Crippen LogP contribution in [0.3, 0.4) is 0 Å². The van der Waals surface area contributed by atoms with Gasteiger partial charge in [0.15, 0.2) is 0 Å². The lowest BCUT2D eigenvalue weighted by molar-refractivity contribution is 0.0696. The third kappa shape index (κ3) is 1.86. The van der Waals surface area contributed by atoms with Crippen molar-refractivity contribution in [2.75, 3.05) is 11.4 Å². The molecule has 0 unspecified atom stereocenters. The van der Waals surface area contributed by atoms with E-state index in [9.17, 15) is 4.79 Å². The summed E-state index contributed by atoms with van der Waals surface area (Å²) in [6, 6.07) is 9.85. The van der Waals surface area contributed by atoms with E-state index in [1.165, 1.54) is 17.5 Å². The maximum Gasteiger partial charge on any atom is 0.338 e. The maximum atomic E-state index is 10.8. The van der Waals surface area contributed by atoms with E-state index in [0.717, 1.165) is 13.0 Å². The van der Waals surface area contributed by atoms with Crippen LogP contribution in [0.5, 0.6) is 0 Å². The molecule has 1 aromatic carbocycles. The van der Waals surface area contributed by atoms with Crippen LogP contribution in [0.4, 0.5) is 5.69 Å². The number of carbonyl (C=O) groups is 1. The van der Waals surface area contributed by atoms with Gasteiger partial charge in [0.05, 0.1) is 12.1 Å². The standard InChI is InChI=1S/C14H13NO3/c16-14(17)11-7-12(18-9-11)8-15-6-5-10-3-1-2-4-13(10)15/h1-4,7,9H,5-6,8H2,(H,16,17). The molecule has 1 aliphatic rings. The average Bonchev–Trinajstić information content (AvgIpc) is 2.98. The molecule has 0 atom stereocenters. The largest absolute Gasteiger partial charge is 0.478 e. The summed E-state index contributed by atoms with van der Waals surface area (Å²) < 4.78 is 5.28. The van der Waals surface area contributed by atoms with Crippen molar-refractivity contribution in [2.24, 2.45) is 0 Å². The quantitative estimate of drug-likeness (QED) is 0.900. The molecule has 1 N–H and O–H groups in total. The summed E-state index contributed by atoms with van der Waals surface area (Å²) >= 11 is 0. The van der Waals surface area contributed by atoms with E-state index < -0.39 is 5.97 Å². The van der Waals surface area contributed by atoms with E-state index in [-0.39, 0.29) is 5.56 Å². The summed E-state index contributed by atoms with van der Waals surface area (Å²) in [5.74, 6) is -0.268. The number of hydrogen-bond acceptors (Lipinski definition) is 3. The summed E-state index contributed by atoms with van der Waals surface area (Å²) in [5.41, 5.74) is 2.76. The second-order valence-corrected chi connectivity index (χ2v) is 4.41. The van der Waals surface area contributed by atoms with E-state index in [0.29, 0.717) is 12.3 Å². The molecule has 0 bridgehead atoms. The Kier molecular flexibility index (Phi) is 2.55. The fraction of sp³-hybridized carbons (Fsp3) is 0.214. The molecule has 1 aromatic heterocycles. The minimum atomic E-state index is -0.952. The monoisotopic (exact) mass is 243 g/mol. The Hall–Kier alpha value is -2.23. The normalized spacial score (nSPS) is 13.7. The van der Waals surface area contributed by atoms with Gasteiger partial charge in [-0.05, 0) is 24.1 Å². The summed E-state index contributed by atoms with van der Waals surface area (Å²) in [6.45, 7) is 1.56. The lowest BCUT2D eigenvalue weighted by Gasteiger charge is -2.17. The van der Waals surface area contributed by atoms with Crippen LogP contribution >= 0.6 is 0 Å². The van der Waals surface area contributed by atoms with E-state index in [4.69, 9.17) is 9.52 Å². The Morgan fingerprint density at radius 1 is 1.39 bits per heavy atom. The van der Waals surface area contributed by atoms with Gasteiger partial charge in [-0.2, -0.15) is 0 Å². The maximum absolute atomic E-state index is 10.8. The van der Waals surface area contributed by atoms with E-state index in [1.54, 1.807) is 6.07 Å². The summed E-state index contributed by atoms with van der Waals surface area (Å²) in [7, 11) is 0. The highest BCUT2D eigenvalue weighted by molar-refractivity contribution is 5.87. The predicted octanol–water partition coefficient (Wildman–Crippen LogP) is 2.54. The van der Waals surface area contributed by atoms with Gasteiger partial charge in [0.25, 0.3) is 0 Å². The molecule has 0 aliphatic carbocycles. The molecule has 18 heavy (non-hydrogen) atoms. The Morgan fingerprint density at radius 2 is 2.22 bits per heavy atom. The molecule has 0 saturated carbocycles. The topological polar surface area (TPSA) is 53.7 Å². The highest BCUT2D eigenvalue weighted by Gasteiger charge is 2.20. The van der Waals surface area contributed by atoms with Crippen LogP contribution in [0.1, 0.15) is 21.7 Å². The first-order chi connectivity index (χ1) is 8.74. The number of nitrogens with zero attached hydrogens (tertiary/aromatic N) is 1. The molecule has 4 nitrogen and oxygen atoms in total. The minimum absolute atomic E-state index is 0.206. The van der Waals surface area contributed by atoms with Crippen molar-refractivity contribution in [1.82, 2.24) is 0 Å². The first-order valence-electron chi connectivity index (χ1n) is 5.87. The van der Waals surface area contributed by atoms with Crippen molar-refractivity contribution < 1.29 is 14.3 Å². The molecule has 0 radical (unpaired) electrons. The van der Waals surface area contributed by atoms with Gasteiger partial charge in [-0.15, -0.1) is 0 Å². The Morgan fingerprint density at radius 3 is 3.00 bits per heavy atom. The number of benzene rings is 1. The van der Waals surface area contributed by atoms with Gasteiger partial charge in [-0.3, -0.25) is 0 Å². The molecule has 92 valence electrons. The SMILES string of the molecule is O=C(O)c1coc(CN2CCc3ccccc32)c1. The molecule has 1 aliphatic heterocycles. The van der Waals surface area contributed by atoms with Gasteiger partial charge >= 0.3 is 5.97 Å². The van der Waals surface area contributed by atoms with Crippen molar-refractivity contribution in [1.29, 1.82) is 0 Å². The van der Waals surface area contributed by atoms with Crippen LogP contribution < -0.4 is 4.90 Å². The van der Waals surface area contributed by atoms with Crippen molar-refractivity contribution in [3.05, 3.63) is 53.5 Å². The van der Waals surface area contributed by atoms with Crippen molar-refractivity contribution in [2.45, 2.75) is 13.0 Å². The molecule has 3 rings (SSSR count). The smallest absolute Gasteiger partial charge is 0.338 e. The lowest BCUT2D eigenvalue weighted by Crippen LogP contribution is -2.19. The molecule has 2 aromatic rings. The zero-order valence-corrected chi connectivity index (χ0v) is 9.80. The highest BCUT2D eigenvalue weighted by Crippen LogP contribution is 2.29. The fourth-order valence-corrected chi connectivity index (χ4v) is 2.33. The van der Waals surface area contributed by atoms with Crippen LogP contribution in [0, 0.1) is 0 Å². The molecular weight excluding hydrogens is 230 g/mol. The zero-order valence-electron chi connectivity index (χ0n) is 9.80. The zero-order chi connectivity index (χ0) is 12.5. The number of anilines is 1. The first kappa shape index (κ1) is 10.9. The molecular formula is C14H13NO3. The van der Waals surface area contributed by atoms with Gasteiger partial charge in [-0.1, -0.05) is 18.2 Å². The molecule has 0 spiro atoms. The lowest BCUT2D eigenvalue weighted by atomic mass is 10.2. The molecule has 0 saturated heterocycles. The first-order valence-corrected chi connectivity index (χ1v) is 5.87. The molecule has 0 fully saturated rings. The van der Waals surface area contributed by atoms with Crippen LogP contribution in [0.25, 0.3) is 0 Å². The fourth-order valence-electron chi connectivity index (χ4n) is 2.33. The van der Waals surface area contributed by atoms with Crippen LogP contribution in [0.15, 0.2) is 41.0 Å². The van der Waals surface area contributed by atoms with Gasteiger partial charge in [0, 0.05) is 12.2 Å². The predicted molar refractivity (Wildman–Crippen MR) is 66.9 cm³/mol. The number of fused-ring (bicyclic) bond motifs is 1. The second-order valence-electron chi connectivity index (χ2n) is 4.41. The van der Waals surface area contributed by atoms with E-state index in [2.05, 4.69) is 17.0 Å². The number of rotatable bonds is 3. The number of aromatic carboxylic acids is 1. The Bertz CT molecular complexity index is 588. The van der Waals surface area contributed by atoms with Crippen molar-refractivity contribution in [3.63, 3.8) is 0 Å². The van der Waals surface area contributed by atoms with E-state index >= 15 is 0 Å². The number of furan rings is 1. The number of hydrogen-bond donors (Lipinski definition) is 1.